The number of benzene rings is 2. The summed E-state index contributed by atoms with van der Waals surface area (Å²) >= 11 is 0. The van der Waals surface area contributed by atoms with Gasteiger partial charge in [0, 0.05) is 44.5 Å². The number of aliphatic imine (C=N–C) groups is 1. The predicted octanol–water partition coefficient (Wildman–Crippen LogP) is 2.63. The van der Waals surface area contributed by atoms with Crippen LogP contribution in [0.4, 0.5) is 5.69 Å². The van der Waals surface area contributed by atoms with Crippen molar-refractivity contribution in [3.63, 3.8) is 0 Å². The zero-order chi connectivity index (χ0) is 22.2. The zero-order valence-electron chi connectivity index (χ0n) is 18.8. The second-order valence-corrected chi connectivity index (χ2v) is 8.26. The lowest BCUT2D eigenvalue weighted by Gasteiger charge is -2.37. The fourth-order valence-corrected chi connectivity index (χ4v) is 3.79. The first-order valence-corrected chi connectivity index (χ1v) is 11.6. The molecule has 2 aromatic carbocycles. The minimum absolute atomic E-state index is 0.0531. The van der Waals surface area contributed by atoms with Crippen molar-refractivity contribution in [1.82, 2.24) is 15.5 Å². The molecule has 0 spiro atoms. The van der Waals surface area contributed by atoms with E-state index < -0.39 is 0 Å². The van der Waals surface area contributed by atoms with Crippen LogP contribution in [0.5, 0.6) is 5.75 Å². The predicted molar refractivity (Wildman–Crippen MR) is 128 cm³/mol. The Balaban J connectivity index is 1.31. The number of nitrogens with one attached hydrogen (secondary N) is 2. The Morgan fingerprint density at radius 3 is 2.56 bits per heavy atom. The Hall–Kier alpha value is -3.22. The molecule has 32 heavy (non-hydrogen) atoms. The van der Waals surface area contributed by atoms with E-state index in [2.05, 4.69) is 57.7 Å². The smallest absolute Gasteiger partial charge is 0.258 e. The number of nitrogens with zero attached hydrogens (tertiary/aromatic N) is 3. The fourth-order valence-electron chi connectivity index (χ4n) is 3.79. The van der Waals surface area contributed by atoms with Gasteiger partial charge in [-0.05, 0) is 49.6 Å². The molecule has 2 fully saturated rings. The third-order valence-electron chi connectivity index (χ3n) is 5.66. The monoisotopic (exact) mass is 435 g/mol. The summed E-state index contributed by atoms with van der Waals surface area (Å²) in [5.74, 6) is 1.58. The SMILES string of the molecule is CCNC(=NCc1cccc(OCC(=O)NC2CC2)c1)N1CCN(c2ccccc2)CC1. The number of anilines is 1. The standard InChI is InChI=1S/C25H33N5O2/c1-2-26-25(30-15-13-29(14-16-30)22-8-4-3-5-9-22)27-18-20-7-6-10-23(17-20)32-19-24(31)28-21-11-12-21/h3-10,17,21H,2,11-16,18-19H2,1H3,(H,26,27)(H,28,31). The van der Waals surface area contributed by atoms with Gasteiger partial charge < -0.3 is 25.2 Å². The van der Waals surface area contributed by atoms with Crippen LogP contribution in [-0.4, -0.2) is 62.1 Å². The highest BCUT2D eigenvalue weighted by atomic mass is 16.5. The highest BCUT2D eigenvalue weighted by Gasteiger charge is 2.23. The van der Waals surface area contributed by atoms with Crippen LogP contribution in [0.2, 0.25) is 0 Å². The van der Waals surface area contributed by atoms with Crippen molar-refractivity contribution in [2.45, 2.75) is 32.4 Å². The Morgan fingerprint density at radius 1 is 1.06 bits per heavy atom. The number of piperazine rings is 1. The van der Waals surface area contributed by atoms with E-state index in [1.807, 2.05) is 24.3 Å². The number of amides is 1. The molecule has 1 saturated heterocycles. The van der Waals surface area contributed by atoms with Crippen LogP contribution in [0, 0.1) is 0 Å². The van der Waals surface area contributed by atoms with Gasteiger partial charge in [-0.1, -0.05) is 30.3 Å². The molecule has 1 heterocycles. The van der Waals surface area contributed by atoms with Crippen LogP contribution in [0.25, 0.3) is 0 Å². The minimum atomic E-state index is -0.0556. The summed E-state index contributed by atoms with van der Waals surface area (Å²) in [6, 6.07) is 18.7. The molecule has 0 atom stereocenters. The van der Waals surface area contributed by atoms with Crippen LogP contribution in [-0.2, 0) is 11.3 Å². The van der Waals surface area contributed by atoms with Gasteiger partial charge in [-0.3, -0.25) is 4.79 Å². The molecule has 0 unspecified atom stereocenters. The molecule has 0 radical (unpaired) electrons. The van der Waals surface area contributed by atoms with Crippen molar-refractivity contribution in [3.8, 4) is 5.75 Å². The maximum absolute atomic E-state index is 11.9. The summed E-state index contributed by atoms with van der Waals surface area (Å²) in [6.45, 7) is 7.35. The third kappa shape index (κ3) is 6.39. The van der Waals surface area contributed by atoms with E-state index in [0.29, 0.717) is 18.3 Å². The van der Waals surface area contributed by atoms with Gasteiger partial charge in [0.05, 0.1) is 6.54 Å². The van der Waals surface area contributed by atoms with Crippen LogP contribution in [0.1, 0.15) is 25.3 Å². The Bertz CT molecular complexity index is 906. The number of carbonyl (C=O) groups is 1. The summed E-state index contributed by atoms with van der Waals surface area (Å²) in [7, 11) is 0. The zero-order valence-corrected chi connectivity index (χ0v) is 18.8. The minimum Gasteiger partial charge on any atom is -0.484 e. The number of rotatable bonds is 8. The lowest BCUT2D eigenvalue weighted by molar-refractivity contribution is -0.123. The molecule has 1 aliphatic carbocycles. The number of para-hydroxylation sites is 1. The Labute approximate surface area is 190 Å². The van der Waals surface area contributed by atoms with E-state index in [-0.39, 0.29) is 12.5 Å². The molecule has 0 bridgehead atoms. The molecule has 2 N–H and O–H groups in total. The van der Waals surface area contributed by atoms with E-state index in [1.165, 1.54) is 5.69 Å². The summed E-state index contributed by atoms with van der Waals surface area (Å²) in [6.07, 6.45) is 2.16. The third-order valence-corrected chi connectivity index (χ3v) is 5.66. The number of ether oxygens (including phenoxy) is 1. The van der Waals surface area contributed by atoms with E-state index in [1.54, 1.807) is 0 Å². The van der Waals surface area contributed by atoms with Crippen LogP contribution >= 0.6 is 0 Å². The fraction of sp³-hybridized carbons (Fsp3) is 0.440. The molecule has 1 amide bonds. The van der Waals surface area contributed by atoms with E-state index in [4.69, 9.17) is 9.73 Å². The highest BCUT2D eigenvalue weighted by molar-refractivity contribution is 5.80. The van der Waals surface area contributed by atoms with Gasteiger partial charge in [-0.2, -0.15) is 0 Å². The van der Waals surface area contributed by atoms with Gasteiger partial charge >= 0.3 is 0 Å². The molecule has 2 aliphatic rings. The van der Waals surface area contributed by atoms with Crippen molar-refractivity contribution < 1.29 is 9.53 Å². The van der Waals surface area contributed by atoms with Gasteiger partial charge in [-0.15, -0.1) is 0 Å². The van der Waals surface area contributed by atoms with Crippen molar-refractivity contribution in [2.75, 3.05) is 44.2 Å². The molecular formula is C25H33N5O2. The van der Waals surface area contributed by atoms with Gasteiger partial charge in [0.1, 0.15) is 5.75 Å². The first kappa shape index (κ1) is 22.0. The lowest BCUT2D eigenvalue weighted by Crippen LogP contribution is -2.52. The number of guanidine groups is 1. The van der Waals surface area contributed by atoms with Gasteiger partial charge in [0.2, 0.25) is 0 Å². The first-order valence-electron chi connectivity index (χ1n) is 11.6. The molecule has 0 aromatic heterocycles. The second-order valence-electron chi connectivity index (χ2n) is 8.26. The topological polar surface area (TPSA) is 69.2 Å². The van der Waals surface area contributed by atoms with Gasteiger partial charge in [-0.25, -0.2) is 4.99 Å². The lowest BCUT2D eigenvalue weighted by atomic mass is 10.2. The van der Waals surface area contributed by atoms with Crippen molar-refractivity contribution >= 4 is 17.6 Å². The Morgan fingerprint density at radius 2 is 1.84 bits per heavy atom. The highest BCUT2D eigenvalue weighted by Crippen LogP contribution is 2.19. The van der Waals surface area contributed by atoms with E-state index >= 15 is 0 Å². The molecule has 170 valence electrons. The van der Waals surface area contributed by atoms with E-state index in [0.717, 1.165) is 57.1 Å². The number of carbonyl (C=O) groups excluding carboxylic acids is 1. The van der Waals surface area contributed by atoms with Crippen LogP contribution in [0.15, 0.2) is 59.6 Å². The quantitative estimate of drug-likeness (QED) is 0.493. The van der Waals surface area contributed by atoms with Gasteiger partial charge in [0.25, 0.3) is 5.91 Å². The number of hydrogen-bond donors (Lipinski definition) is 2. The molecular weight excluding hydrogens is 402 g/mol. The largest absolute Gasteiger partial charge is 0.484 e. The summed E-state index contributed by atoms with van der Waals surface area (Å²) in [4.78, 5) is 21.5. The molecule has 7 heteroatoms. The molecule has 1 saturated carbocycles. The van der Waals surface area contributed by atoms with Gasteiger partial charge in [0.15, 0.2) is 12.6 Å². The normalized spacial score (nSPS) is 16.6. The van der Waals surface area contributed by atoms with Crippen molar-refractivity contribution in [2.24, 2.45) is 4.99 Å². The number of hydrogen-bond acceptors (Lipinski definition) is 4. The van der Waals surface area contributed by atoms with Crippen LogP contribution < -0.4 is 20.3 Å². The average Bonchev–Trinajstić information content (AvgIpc) is 3.65. The summed E-state index contributed by atoms with van der Waals surface area (Å²) in [5.41, 5.74) is 2.33. The van der Waals surface area contributed by atoms with Crippen molar-refractivity contribution in [1.29, 1.82) is 0 Å². The van der Waals surface area contributed by atoms with Crippen molar-refractivity contribution in [3.05, 3.63) is 60.2 Å². The molecule has 4 rings (SSSR count). The maximum Gasteiger partial charge on any atom is 0.258 e. The summed E-state index contributed by atoms with van der Waals surface area (Å²) in [5, 5.41) is 6.37. The average molecular weight is 436 g/mol. The summed E-state index contributed by atoms with van der Waals surface area (Å²) < 4.78 is 5.67. The molecule has 2 aromatic rings. The molecule has 7 nitrogen and oxygen atoms in total. The first-order chi connectivity index (χ1) is 15.7. The van der Waals surface area contributed by atoms with Crippen LogP contribution in [0.3, 0.4) is 0 Å². The maximum atomic E-state index is 11.9. The molecule has 1 aliphatic heterocycles. The van der Waals surface area contributed by atoms with E-state index in [9.17, 15) is 4.79 Å². The Kier molecular flexibility index (Phi) is 7.48. The second kappa shape index (κ2) is 10.9.